The number of para-hydroxylation sites is 2. The summed E-state index contributed by atoms with van der Waals surface area (Å²) in [4.78, 5) is 11.8. The molecule has 21 heavy (non-hydrogen) atoms. The van der Waals surface area contributed by atoms with E-state index in [0.717, 1.165) is 11.0 Å². The minimum absolute atomic E-state index is 0.177. The maximum atomic E-state index is 11.8. The molecule has 1 aromatic rings. The number of anilines is 1. The fourth-order valence-electron chi connectivity index (χ4n) is 2.54. The first-order chi connectivity index (χ1) is 10.3. The summed E-state index contributed by atoms with van der Waals surface area (Å²) in [5.74, 6) is 1.65. The highest BCUT2D eigenvalue weighted by molar-refractivity contribution is 7.99. The molecule has 1 aromatic carbocycles. The summed E-state index contributed by atoms with van der Waals surface area (Å²) in [6, 6.07) is 7.23. The van der Waals surface area contributed by atoms with Crippen LogP contribution in [0.4, 0.5) is 10.5 Å². The van der Waals surface area contributed by atoms with Crippen LogP contribution in [-0.2, 0) is 0 Å². The van der Waals surface area contributed by atoms with Gasteiger partial charge >= 0.3 is 6.03 Å². The second kappa shape index (κ2) is 8.82. The Hall–Kier alpha value is -1.36. The molecule has 116 valence electrons. The second-order valence-corrected chi connectivity index (χ2v) is 6.62. The number of urea groups is 1. The lowest BCUT2D eigenvalue weighted by Crippen LogP contribution is -2.31. The van der Waals surface area contributed by atoms with Gasteiger partial charge in [-0.15, -0.1) is 0 Å². The van der Waals surface area contributed by atoms with E-state index in [1.54, 1.807) is 7.11 Å². The highest BCUT2D eigenvalue weighted by Crippen LogP contribution is 2.27. The number of methoxy groups -OCH3 is 1. The van der Waals surface area contributed by atoms with Gasteiger partial charge in [-0.25, -0.2) is 4.79 Å². The first kappa shape index (κ1) is 16.0. The largest absolute Gasteiger partial charge is 0.495 e. The minimum atomic E-state index is -0.177. The lowest BCUT2D eigenvalue weighted by Gasteiger charge is -2.20. The van der Waals surface area contributed by atoms with Gasteiger partial charge in [-0.3, -0.25) is 0 Å². The van der Waals surface area contributed by atoms with Gasteiger partial charge in [-0.05, 0) is 25.0 Å². The number of rotatable bonds is 6. The van der Waals surface area contributed by atoms with Gasteiger partial charge in [0.05, 0.1) is 12.8 Å². The van der Waals surface area contributed by atoms with E-state index in [9.17, 15) is 4.79 Å². The molecule has 0 unspecified atom stereocenters. The standard InChI is InChI=1S/C16H24N2O2S/c1-20-15-10-6-5-9-14(15)18-16(19)17-11-12-21-13-7-3-2-4-8-13/h5-6,9-10,13H,2-4,7-8,11-12H2,1H3,(H2,17,18,19). The van der Waals surface area contributed by atoms with E-state index in [-0.39, 0.29) is 6.03 Å². The van der Waals surface area contributed by atoms with Gasteiger partial charge in [0.25, 0.3) is 0 Å². The second-order valence-electron chi connectivity index (χ2n) is 5.21. The summed E-state index contributed by atoms with van der Waals surface area (Å²) in [6.45, 7) is 0.697. The van der Waals surface area contributed by atoms with Gasteiger partial charge in [-0.2, -0.15) is 11.8 Å². The molecule has 0 heterocycles. The van der Waals surface area contributed by atoms with Crippen molar-refractivity contribution >= 4 is 23.5 Å². The number of nitrogens with one attached hydrogen (secondary N) is 2. The number of amides is 2. The number of hydrogen-bond acceptors (Lipinski definition) is 3. The molecule has 2 N–H and O–H groups in total. The van der Waals surface area contributed by atoms with Gasteiger partial charge < -0.3 is 15.4 Å². The quantitative estimate of drug-likeness (QED) is 0.784. The molecule has 0 spiro atoms. The minimum Gasteiger partial charge on any atom is -0.495 e. The van der Waals surface area contributed by atoms with E-state index >= 15 is 0 Å². The van der Waals surface area contributed by atoms with Gasteiger partial charge in [-0.1, -0.05) is 31.4 Å². The van der Waals surface area contributed by atoms with E-state index in [2.05, 4.69) is 10.6 Å². The van der Waals surface area contributed by atoms with Crippen LogP contribution in [0.15, 0.2) is 24.3 Å². The molecular weight excluding hydrogens is 284 g/mol. The van der Waals surface area contributed by atoms with Gasteiger partial charge in [0.15, 0.2) is 0 Å². The van der Waals surface area contributed by atoms with Crippen molar-refractivity contribution in [1.82, 2.24) is 5.32 Å². The maximum Gasteiger partial charge on any atom is 0.319 e. The number of thioether (sulfide) groups is 1. The van der Waals surface area contributed by atoms with Crippen LogP contribution in [0.3, 0.4) is 0 Å². The van der Waals surface area contributed by atoms with E-state index < -0.39 is 0 Å². The summed E-state index contributed by atoms with van der Waals surface area (Å²) in [5.41, 5.74) is 0.692. The van der Waals surface area contributed by atoms with E-state index in [0.29, 0.717) is 18.0 Å². The zero-order chi connectivity index (χ0) is 14.9. The third-order valence-corrected chi connectivity index (χ3v) is 5.03. The molecule has 5 heteroatoms. The predicted molar refractivity (Wildman–Crippen MR) is 89.3 cm³/mol. The number of benzene rings is 1. The zero-order valence-corrected chi connectivity index (χ0v) is 13.4. The Morgan fingerprint density at radius 1 is 1.29 bits per heavy atom. The average Bonchev–Trinajstić information content (AvgIpc) is 2.53. The Bertz CT molecular complexity index is 448. The topological polar surface area (TPSA) is 50.4 Å². The normalized spacial score (nSPS) is 15.5. The Kier molecular flexibility index (Phi) is 6.73. The van der Waals surface area contributed by atoms with Crippen LogP contribution in [0.5, 0.6) is 5.75 Å². The lowest BCUT2D eigenvalue weighted by molar-refractivity contribution is 0.252. The van der Waals surface area contributed by atoms with Gasteiger partial charge in [0.2, 0.25) is 0 Å². The maximum absolute atomic E-state index is 11.8. The molecule has 1 aliphatic carbocycles. The molecule has 1 aliphatic rings. The summed E-state index contributed by atoms with van der Waals surface area (Å²) in [7, 11) is 1.60. The molecule has 0 bridgehead atoms. The Balaban J connectivity index is 1.65. The molecule has 0 aromatic heterocycles. The highest BCUT2D eigenvalue weighted by Gasteiger charge is 2.13. The molecule has 0 atom stereocenters. The van der Waals surface area contributed by atoms with Gasteiger partial charge in [0, 0.05) is 17.5 Å². The van der Waals surface area contributed by atoms with Crippen LogP contribution in [0.25, 0.3) is 0 Å². The zero-order valence-electron chi connectivity index (χ0n) is 12.6. The number of carbonyl (C=O) groups is 1. The van der Waals surface area contributed by atoms with Crippen LogP contribution in [0.2, 0.25) is 0 Å². The Morgan fingerprint density at radius 3 is 2.81 bits per heavy atom. The van der Waals surface area contributed by atoms with Crippen molar-refractivity contribution in [3.8, 4) is 5.75 Å². The van der Waals surface area contributed by atoms with Crippen molar-refractivity contribution in [2.24, 2.45) is 0 Å². The van der Waals surface area contributed by atoms with Crippen LogP contribution >= 0.6 is 11.8 Å². The molecule has 0 aliphatic heterocycles. The Morgan fingerprint density at radius 2 is 2.05 bits per heavy atom. The first-order valence-electron chi connectivity index (χ1n) is 7.59. The molecule has 1 fully saturated rings. The third kappa shape index (κ3) is 5.50. The fraction of sp³-hybridized carbons (Fsp3) is 0.562. The van der Waals surface area contributed by atoms with Crippen molar-refractivity contribution < 1.29 is 9.53 Å². The highest BCUT2D eigenvalue weighted by atomic mass is 32.2. The lowest BCUT2D eigenvalue weighted by atomic mass is 10.0. The smallest absolute Gasteiger partial charge is 0.319 e. The first-order valence-corrected chi connectivity index (χ1v) is 8.64. The van der Waals surface area contributed by atoms with Crippen LogP contribution in [0, 0.1) is 0 Å². The van der Waals surface area contributed by atoms with E-state index in [1.165, 1.54) is 32.1 Å². The van der Waals surface area contributed by atoms with Crippen molar-refractivity contribution in [2.45, 2.75) is 37.4 Å². The van der Waals surface area contributed by atoms with Crippen LogP contribution in [0.1, 0.15) is 32.1 Å². The summed E-state index contributed by atoms with van der Waals surface area (Å²) >= 11 is 1.99. The SMILES string of the molecule is COc1ccccc1NC(=O)NCCSC1CCCCC1. The molecule has 1 saturated carbocycles. The van der Waals surface area contributed by atoms with E-state index in [1.807, 2.05) is 36.0 Å². The van der Waals surface area contributed by atoms with Gasteiger partial charge in [0.1, 0.15) is 5.75 Å². The van der Waals surface area contributed by atoms with E-state index in [4.69, 9.17) is 4.74 Å². The summed E-state index contributed by atoms with van der Waals surface area (Å²) < 4.78 is 5.20. The molecule has 2 amide bonds. The predicted octanol–water partition coefficient (Wildman–Crippen LogP) is 3.88. The van der Waals surface area contributed by atoms with Crippen molar-refractivity contribution in [3.63, 3.8) is 0 Å². The molecule has 2 rings (SSSR count). The number of hydrogen-bond donors (Lipinski definition) is 2. The molecular formula is C16H24N2O2S. The van der Waals surface area contributed by atoms with Crippen LogP contribution < -0.4 is 15.4 Å². The number of carbonyl (C=O) groups excluding carboxylic acids is 1. The fourth-order valence-corrected chi connectivity index (χ4v) is 3.76. The molecule has 4 nitrogen and oxygen atoms in total. The summed E-state index contributed by atoms with van der Waals surface area (Å²) in [5, 5.41) is 6.50. The van der Waals surface area contributed by atoms with Crippen LogP contribution in [-0.4, -0.2) is 30.7 Å². The van der Waals surface area contributed by atoms with Crippen molar-refractivity contribution in [1.29, 1.82) is 0 Å². The third-order valence-electron chi connectivity index (χ3n) is 3.65. The average molecular weight is 308 g/mol. The monoisotopic (exact) mass is 308 g/mol. The molecule has 0 radical (unpaired) electrons. The summed E-state index contributed by atoms with van der Waals surface area (Å²) in [6.07, 6.45) is 6.77. The molecule has 0 saturated heterocycles. The Labute approximate surface area is 131 Å². The number of ether oxygens (including phenoxy) is 1. The van der Waals surface area contributed by atoms with Crippen molar-refractivity contribution in [3.05, 3.63) is 24.3 Å². The van der Waals surface area contributed by atoms with Crippen molar-refractivity contribution in [2.75, 3.05) is 24.7 Å².